The molecule has 4 rings (SSSR count). The number of nitrogens with zero attached hydrogens (tertiary/aromatic N) is 1. The molecule has 0 spiro atoms. The number of para-hydroxylation sites is 1. The van der Waals surface area contributed by atoms with Crippen LogP contribution in [0.25, 0.3) is 22.0 Å². The summed E-state index contributed by atoms with van der Waals surface area (Å²) in [6.45, 7) is 0. The highest BCUT2D eigenvalue weighted by Gasteiger charge is 2.33. The maximum absolute atomic E-state index is 13.2. The van der Waals surface area contributed by atoms with Crippen molar-refractivity contribution in [2.24, 2.45) is 0 Å². The van der Waals surface area contributed by atoms with Crippen molar-refractivity contribution in [3.8, 4) is 28.7 Å². The standard InChI is InChI=1S/C27H22F3N3O3/c1-35-21-6-4-5-17(14-21)18-9-10-25(36-27(28,29)30)23(15-18)26(34)33-20(11-12-31)13-19-16-32-24-8-3-2-7-22(19)24/h2-10,14-16,20,32H,11,13H2,1H3,(H,33,34). The fourth-order valence-electron chi connectivity index (χ4n) is 4.02. The van der Waals surface area contributed by atoms with E-state index in [0.717, 1.165) is 22.5 Å². The van der Waals surface area contributed by atoms with Gasteiger partial charge in [-0.05, 0) is 53.4 Å². The SMILES string of the molecule is COc1cccc(-c2ccc(OC(F)(F)F)c(C(=O)NC(CC#N)Cc3c[nH]c4ccccc34)c2)c1. The Morgan fingerprint density at radius 2 is 1.86 bits per heavy atom. The summed E-state index contributed by atoms with van der Waals surface area (Å²) in [6, 6.07) is 19.8. The summed E-state index contributed by atoms with van der Waals surface area (Å²) >= 11 is 0. The summed E-state index contributed by atoms with van der Waals surface area (Å²) in [5.41, 5.74) is 2.63. The number of H-pyrrole nitrogens is 1. The van der Waals surface area contributed by atoms with Gasteiger partial charge in [0.25, 0.3) is 5.91 Å². The van der Waals surface area contributed by atoms with Crippen LogP contribution in [-0.4, -0.2) is 30.4 Å². The van der Waals surface area contributed by atoms with Gasteiger partial charge in [0, 0.05) is 23.1 Å². The van der Waals surface area contributed by atoms with Gasteiger partial charge in [-0.1, -0.05) is 36.4 Å². The van der Waals surface area contributed by atoms with E-state index in [9.17, 15) is 23.2 Å². The van der Waals surface area contributed by atoms with E-state index in [0.29, 0.717) is 23.3 Å². The molecule has 0 radical (unpaired) electrons. The summed E-state index contributed by atoms with van der Waals surface area (Å²) in [7, 11) is 1.50. The van der Waals surface area contributed by atoms with Crippen molar-refractivity contribution >= 4 is 16.8 Å². The van der Waals surface area contributed by atoms with Gasteiger partial charge in [0.2, 0.25) is 0 Å². The van der Waals surface area contributed by atoms with E-state index in [4.69, 9.17) is 4.74 Å². The van der Waals surface area contributed by atoms with Crippen molar-refractivity contribution in [1.82, 2.24) is 10.3 Å². The van der Waals surface area contributed by atoms with E-state index < -0.39 is 24.1 Å². The maximum atomic E-state index is 13.2. The van der Waals surface area contributed by atoms with Gasteiger partial charge in [0.15, 0.2) is 0 Å². The van der Waals surface area contributed by atoms with Crippen LogP contribution in [0.3, 0.4) is 0 Å². The lowest BCUT2D eigenvalue weighted by atomic mass is 10.00. The third-order valence-corrected chi connectivity index (χ3v) is 5.67. The summed E-state index contributed by atoms with van der Waals surface area (Å²) in [6.07, 6.45) is -2.91. The van der Waals surface area contributed by atoms with E-state index in [2.05, 4.69) is 15.0 Å². The molecule has 1 heterocycles. The number of ether oxygens (including phenoxy) is 2. The van der Waals surface area contributed by atoms with E-state index in [1.54, 1.807) is 30.5 Å². The van der Waals surface area contributed by atoms with Crippen LogP contribution in [0.1, 0.15) is 22.3 Å². The fraction of sp³-hybridized carbons (Fsp3) is 0.185. The van der Waals surface area contributed by atoms with Gasteiger partial charge in [-0.2, -0.15) is 5.26 Å². The molecule has 1 amide bonds. The highest BCUT2D eigenvalue weighted by Crippen LogP contribution is 2.32. The monoisotopic (exact) mass is 493 g/mol. The Morgan fingerprint density at radius 3 is 2.61 bits per heavy atom. The largest absolute Gasteiger partial charge is 0.573 e. The third-order valence-electron chi connectivity index (χ3n) is 5.67. The number of rotatable bonds is 8. The van der Waals surface area contributed by atoms with Crippen LogP contribution in [0.2, 0.25) is 0 Å². The molecule has 0 aliphatic carbocycles. The van der Waals surface area contributed by atoms with Gasteiger partial charge in [0.05, 0.1) is 25.2 Å². The van der Waals surface area contributed by atoms with Crippen LogP contribution in [0.4, 0.5) is 13.2 Å². The van der Waals surface area contributed by atoms with E-state index >= 15 is 0 Å². The average Bonchev–Trinajstić information content (AvgIpc) is 3.26. The van der Waals surface area contributed by atoms with Gasteiger partial charge < -0.3 is 19.8 Å². The lowest BCUT2D eigenvalue weighted by Crippen LogP contribution is -2.36. The number of amides is 1. The molecular weight excluding hydrogens is 471 g/mol. The molecule has 0 saturated heterocycles. The summed E-state index contributed by atoms with van der Waals surface area (Å²) < 4.78 is 48.6. The van der Waals surface area contributed by atoms with Crippen LogP contribution in [-0.2, 0) is 6.42 Å². The van der Waals surface area contributed by atoms with Crippen molar-refractivity contribution in [2.75, 3.05) is 7.11 Å². The second-order valence-corrected chi connectivity index (χ2v) is 8.09. The first-order chi connectivity index (χ1) is 17.3. The molecule has 0 saturated carbocycles. The Bertz CT molecular complexity index is 1420. The molecule has 0 aliphatic rings. The Hall–Kier alpha value is -4.45. The molecule has 3 aromatic carbocycles. The van der Waals surface area contributed by atoms with E-state index in [1.807, 2.05) is 30.3 Å². The lowest BCUT2D eigenvalue weighted by Gasteiger charge is -2.19. The minimum absolute atomic E-state index is 0.0315. The summed E-state index contributed by atoms with van der Waals surface area (Å²) in [4.78, 5) is 16.4. The summed E-state index contributed by atoms with van der Waals surface area (Å²) in [5.74, 6) is -0.851. The van der Waals surface area contributed by atoms with Crippen LogP contribution < -0.4 is 14.8 Å². The molecule has 1 atom stereocenters. The number of carbonyl (C=O) groups is 1. The quantitative estimate of drug-likeness (QED) is 0.315. The van der Waals surface area contributed by atoms with E-state index in [1.165, 1.54) is 19.2 Å². The Balaban J connectivity index is 1.65. The Morgan fingerprint density at radius 1 is 1.08 bits per heavy atom. The van der Waals surface area contributed by atoms with Crippen LogP contribution in [0.5, 0.6) is 11.5 Å². The number of nitriles is 1. The van der Waals surface area contributed by atoms with Crippen molar-refractivity contribution in [2.45, 2.75) is 25.2 Å². The van der Waals surface area contributed by atoms with Crippen LogP contribution in [0.15, 0.2) is 72.9 Å². The molecule has 1 unspecified atom stereocenters. The number of halogens is 3. The normalized spacial score (nSPS) is 12.1. The third kappa shape index (κ3) is 5.78. The number of hydrogen-bond acceptors (Lipinski definition) is 4. The molecule has 0 aliphatic heterocycles. The number of aromatic amines is 1. The van der Waals surface area contributed by atoms with Crippen LogP contribution in [0, 0.1) is 11.3 Å². The number of nitrogens with one attached hydrogen (secondary N) is 2. The molecule has 9 heteroatoms. The second kappa shape index (κ2) is 10.4. The fourth-order valence-corrected chi connectivity index (χ4v) is 4.02. The minimum atomic E-state index is -4.98. The van der Waals surface area contributed by atoms with Gasteiger partial charge in [-0.3, -0.25) is 4.79 Å². The number of fused-ring (bicyclic) bond motifs is 1. The minimum Gasteiger partial charge on any atom is -0.497 e. The van der Waals surface area contributed by atoms with Crippen molar-refractivity contribution in [3.63, 3.8) is 0 Å². The average molecular weight is 493 g/mol. The lowest BCUT2D eigenvalue weighted by molar-refractivity contribution is -0.274. The maximum Gasteiger partial charge on any atom is 0.573 e. The van der Waals surface area contributed by atoms with Crippen molar-refractivity contribution < 1.29 is 27.4 Å². The zero-order valence-electron chi connectivity index (χ0n) is 19.2. The molecule has 4 aromatic rings. The van der Waals surface area contributed by atoms with Gasteiger partial charge >= 0.3 is 6.36 Å². The molecular formula is C27H22F3N3O3. The molecule has 2 N–H and O–H groups in total. The predicted molar refractivity (Wildman–Crippen MR) is 129 cm³/mol. The van der Waals surface area contributed by atoms with E-state index in [-0.39, 0.29) is 12.0 Å². The Kier molecular flexibility index (Phi) is 7.15. The molecule has 36 heavy (non-hydrogen) atoms. The first-order valence-electron chi connectivity index (χ1n) is 11.0. The zero-order chi connectivity index (χ0) is 25.7. The number of benzene rings is 3. The smallest absolute Gasteiger partial charge is 0.497 e. The number of carbonyl (C=O) groups excluding carboxylic acids is 1. The predicted octanol–water partition coefficient (Wildman–Crippen LogP) is 6.00. The molecule has 0 bridgehead atoms. The van der Waals surface area contributed by atoms with Gasteiger partial charge in [0.1, 0.15) is 11.5 Å². The Labute approximate surface area is 205 Å². The topological polar surface area (TPSA) is 87.1 Å². The van der Waals surface area contributed by atoms with Crippen molar-refractivity contribution in [3.05, 3.63) is 84.1 Å². The second-order valence-electron chi connectivity index (χ2n) is 8.09. The highest BCUT2D eigenvalue weighted by atomic mass is 19.4. The first kappa shape index (κ1) is 24.7. The first-order valence-corrected chi connectivity index (χ1v) is 11.0. The van der Waals surface area contributed by atoms with Gasteiger partial charge in [-0.15, -0.1) is 13.2 Å². The molecule has 184 valence electrons. The number of alkyl halides is 3. The molecule has 0 fully saturated rings. The summed E-state index contributed by atoms with van der Waals surface area (Å²) in [5, 5.41) is 13.0. The number of methoxy groups -OCH3 is 1. The van der Waals surface area contributed by atoms with Crippen molar-refractivity contribution in [1.29, 1.82) is 5.26 Å². The molecule has 6 nitrogen and oxygen atoms in total. The highest BCUT2D eigenvalue weighted by molar-refractivity contribution is 5.98. The number of hydrogen-bond donors (Lipinski definition) is 2. The zero-order valence-corrected chi connectivity index (χ0v) is 19.2. The van der Waals surface area contributed by atoms with Gasteiger partial charge in [-0.25, -0.2) is 0 Å². The van der Waals surface area contributed by atoms with Crippen LogP contribution >= 0.6 is 0 Å². The molecule has 1 aromatic heterocycles. The number of aromatic nitrogens is 1.